The van der Waals surface area contributed by atoms with Crippen LogP contribution in [-0.2, 0) is 6.54 Å². The summed E-state index contributed by atoms with van der Waals surface area (Å²) >= 11 is 6.03. The van der Waals surface area contributed by atoms with Crippen molar-refractivity contribution in [1.29, 1.82) is 0 Å². The van der Waals surface area contributed by atoms with Crippen molar-refractivity contribution in [2.24, 2.45) is 0 Å². The molecule has 0 aliphatic heterocycles. The van der Waals surface area contributed by atoms with Crippen LogP contribution in [0.15, 0.2) is 30.6 Å². The molecule has 1 N–H and O–H groups in total. The van der Waals surface area contributed by atoms with Gasteiger partial charge < -0.3 is 10.1 Å². The van der Waals surface area contributed by atoms with Crippen LogP contribution in [-0.4, -0.2) is 17.0 Å². The molecule has 4 nitrogen and oxygen atoms in total. The van der Waals surface area contributed by atoms with Gasteiger partial charge in [0.1, 0.15) is 5.75 Å². The lowest BCUT2D eigenvalue weighted by atomic mass is 10.2. The number of aromatic nitrogens is 2. The predicted octanol–water partition coefficient (Wildman–Crippen LogP) is 2.95. The Labute approximate surface area is 111 Å². The molecule has 0 unspecified atom stereocenters. The van der Waals surface area contributed by atoms with Crippen LogP contribution in [0.3, 0.4) is 0 Å². The first kappa shape index (κ1) is 12.8. The van der Waals surface area contributed by atoms with Crippen LogP contribution in [0, 0.1) is 6.92 Å². The van der Waals surface area contributed by atoms with Crippen molar-refractivity contribution in [2.75, 3.05) is 7.05 Å². The third-order valence-electron chi connectivity index (χ3n) is 2.38. The highest BCUT2D eigenvalue weighted by Gasteiger charge is 2.05. The summed E-state index contributed by atoms with van der Waals surface area (Å²) in [6.45, 7) is 2.60. The summed E-state index contributed by atoms with van der Waals surface area (Å²) in [4.78, 5) is 8.29. The van der Waals surface area contributed by atoms with Gasteiger partial charge in [0.2, 0.25) is 5.88 Å². The number of rotatable bonds is 4. The monoisotopic (exact) mass is 263 g/mol. The Kier molecular flexibility index (Phi) is 4.12. The minimum atomic E-state index is 0.510. The Hall–Kier alpha value is -1.65. The van der Waals surface area contributed by atoms with Crippen molar-refractivity contribution in [1.82, 2.24) is 15.3 Å². The molecule has 0 amide bonds. The summed E-state index contributed by atoms with van der Waals surface area (Å²) in [6.07, 6.45) is 3.26. The summed E-state index contributed by atoms with van der Waals surface area (Å²) in [6, 6.07) is 5.56. The first-order chi connectivity index (χ1) is 8.69. The summed E-state index contributed by atoms with van der Waals surface area (Å²) in [5.41, 5.74) is 1.89. The maximum absolute atomic E-state index is 6.03. The summed E-state index contributed by atoms with van der Waals surface area (Å²) in [5, 5.41) is 3.67. The van der Waals surface area contributed by atoms with E-state index in [1.807, 2.05) is 32.2 Å². The normalized spacial score (nSPS) is 10.4. The third-order valence-corrected chi connectivity index (χ3v) is 2.72. The number of pyridine rings is 2. The largest absolute Gasteiger partial charge is 0.437 e. The molecule has 2 aromatic rings. The van der Waals surface area contributed by atoms with E-state index in [-0.39, 0.29) is 0 Å². The van der Waals surface area contributed by atoms with Gasteiger partial charge in [0.15, 0.2) is 0 Å². The van der Waals surface area contributed by atoms with Gasteiger partial charge in [0.25, 0.3) is 0 Å². The molecule has 2 heterocycles. The standard InChI is InChI=1S/C13H14ClN3O/c1-9-3-4-11(7-16-9)18-13-5-10(6-15-2)12(14)8-17-13/h3-5,7-8,15H,6H2,1-2H3. The average Bonchev–Trinajstić information content (AvgIpc) is 2.37. The second-order valence-corrected chi connectivity index (χ2v) is 4.29. The maximum Gasteiger partial charge on any atom is 0.219 e. The summed E-state index contributed by atoms with van der Waals surface area (Å²) in [7, 11) is 1.86. The minimum absolute atomic E-state index is 0.510. The van der Waals surface area contributed by atoms with Crippen molar-refractivity contribution in [3.05, 3.63) is 46.9 Å². The zero-order valence-corrected chi connectivity index (χ0v) is 11.0. The van der Waals surface area contributed by atoms with Crippen LogP contribution in [0.5, 0.6) is 11.6 Å². The lowest BCUT2D eigenvalue weighted by Crippen LogP contribution is -2.06. The van der Waals surface area contributed by atoms with Crippen molar-refractivity contribution >= 4 is 11.6 Å². The molecule has 0 aliphatic carbocycles. The Bertz CT molecular complexity index is 528. The lowest BCUT2D eigenvalue weighted by Gasteiger charge is -2.08. The van der Waals surface area contributed by atoms with Crippen LogP contribution >= 0.6 is 11.6 Å². The van der Waals surface area contributed by atoms with Crippen LogP contribution < -0.4 is 10.1 Å². The van der Waals surface area contributed by atoms with Gasteiger partial charge in [-0.1, -0.05) is 11.6 Å². The fourth-order valence-electron chi connectivity index (χ4n) is 1.48. The second kappa shape index (κ2) is 5.80. The number of nitrogens with one attached hydrogen (secondary N) is 1. The SMILES string of the molecule is CNCc1cc(Oc2ccc(C)nc2)ncc1Cl. The molecule has 5 heteroatoms. The molecule has 0 aliphatic rings. The smallest absolute Gasteiger partial charge is 0.219 e. The number of hydrogen-bond donors (Lipinski definition) is 1. The van der Waals surface area contributed by atoms with Crippen LogP contribution in [0.4, 0.5) is 0 Å². The molecule has 94 valence electrons. The van der Waals surface area contributed by atoms with E-state index in [4.69, 9.17) is 16.3 Å². The van der Waals surface area contributed by atoms with Gasteiger partial charge >= 0.3 is 0 Å². The Morgan fingerprint density at radius 2 is 2.11 bits per heavy atom. The van der Waals surface area contributed by atoms with Gasteiger partial charge in [-0.2, -0.15) is 0 Å². The molecule has 0 atom stereocenters. The highest BCUT2D eigenvalue weighted by atomic mass is 35.5. The van der Waals surface area contributed by atoms with E-state index < -0.39 is 0 Å². The fraction of sp³-hybridized carbons (Fsp3) is 0.231. The van der Waals surface area contributed by atoms with Crippen molar-refractivity contribution in [2.45, 2.75) is 13.5 Å². The van der Waals surface area contributed by atoms with Crippen molar-refractivity contribution < 1.29 is 4.74 Å². The van der Waals surface area contributed by atoms with Gasteiger partial charge in [0.05, 0.1) is 11.2 Å². The molecular weight excluding hydrogens is 250 g/mol. The van der Waals surface area contributed by atoms with E-state index in [9.17, 15) is 0 Å². The minimum Gasteiger partial charge on any atom is -0.437 e. The molecule has 2 aromatic heterocycles. The Morgan fingerprint density at radius 3 is 2.78 bits per heavy atom. The summed E-state index contributed by atoms with van der Waals surface area (Å²) < 4.78 is 5.62. The molecular formula is C13H14ClN3O. The molecule has 18 heavy (non-hydrogen) atoms. The fourth-order valence-corrected chi connectivity index (χ4v) is 1.65. The number of aryl methyl sites for hydroxylation is 1. The maximum atomic E-state index is 6.03. The van der Waals surface area contributed by atoms with Gasteiger partial charge in [-0.3, -0.25) is 4.98 Å². The molecule has 0 radical (unpaired) electrons. The number of ether oxygens (including phenoxy) is 1. The van der Waals surface area contributed by atoms with Crippen LogP contribution in [0.1, 0.15) is 11.3 Å². The van der Waals surface area contributed by atoms with Crippen molar-refractivity contribution in [3.63, 3.8) is 0 Å². The Morgan fingerprint density at radius 1 is 1.28 bits per heavy atom. The van der Waals surface area contributed by atoms with Gasteiger partial charge in [-0.25, -0.2) is 4.98 Å². The van der Waals surface area contributed by atoms with E-state index >= 15 is 0 Å². The zero-order chi connectivity index (χ0) is 13.0. The Balaban J connectivity index is 2.18. The first-order valence-corrected chi connectivity index (χ1v) is 5.96. The average molecular weight is 264 g/mol. The van der Waals surface area contributed by atoms with Gasteiger partial charge in [-0.05, 0) is 31.7 Å². The van der Waals surface area contributed by atoms with Crippen LogP contribution in [0.2, 0.25) is 5.02 Å². The predicted molar refractivity (Wildman–Crippen MR) is 71.1 cm³/mol. The number of nitrogens with zero attached hydrogens (tertiary/aromatic N) is 2. The molecule has 0 saturated heterocycles. The molecule has 2 rings (SSSR count). The number of hydrogen-bond acceptors (Lipinski definition) is 4. The van der Waals surface area contributed by atoms with E-state index in [0.717, 1.165) is 11.3 Å². The molecule has 0 saturated carbocycles. The lowest BCUT2D eigenvalue weighted by molar-refractivity contribution is 0.459. The topological polar surface area (TPSA) is 47.0 Å². The second-order valence-electron chi connectivity index (χ2n) is 3.88. The highest BCUT2D eigenvalue weighted by molar-refractivity contribution is 6.31. The molecule has 0 fully saturated rings. The van der Waals surface area contributed by atoms with Gasteiger partial charge in [-0.15, -0.1) is 0 Å². The van der Waals surface area contributed by atoms with E-state index in [0.29, 0.717) is 23.2 Å². The van der Waals surface area contributed by atoms with E-state index in [2.05, 4.69) is 15.3 Å². The summed E-state index contributed by atoms with van der Waals surface area (Å²) in [5.74, 6) is 1.17. The van der Waals surface area contributed by atoms with Crippen LogP contribution in [0.25, 0.3) is 0 Å². The van der Waals surface area contributed by atoms with E-state index in [1.165, 1.54) is 0 Å². The highest BCUT2D eigenvalue weighted by Crippen LogP contribution is 2.23. The van der Waals surface area contributed by atoms with Crippen molar-refractivity contribution in [3.8, 4) is 11.6 Å². The zero-order valence-electron chi connectivity index (χ0n) is 10.3. The molecule has 0 aromatic carbocycles. The van der Waals surface area contributed by atoms with E-state index in [1.54, 1.807) is 12.4 Å². The molecule has 0 spiro atoms. The number of halogens is 1. The third kappa shape index (κ3) is 3.18. The quantitative estimate of drug-likeness (QED) is 0.921. The first-order valence-electron chi connectivity index (χ1n) is 5.58. The van der Waals surface area contributed by atoms with Gasteiger partial charge in [0, 0.05) is 24.5 Å². The molecule has 0 bridgehead atoms.